The molecule has 0 amide bonds. The van der Waals surface area contributed by atoms with Crippen LogP contribution in [-0.2, 0) is 0 Å². The van der Waals surface area contributed by atoms with Gasteiger partial charge in [0.2, 0.25) is 5.92 Å². The first-order valence-corrected chi connectivity index (χ1v) is 11.3. The molecule has 1 aliphatic carbocycles. The third kappa shape index (κ3) is 3.21. The molecule has 4 aromatic rings. The minimum absolute atomic E-state index is 0.0118. The minimum Gasteiger partial charge on any atom is -0.456 e. The van der Waals surface area contributed by atoms with Gasteiger partial charge in [-0.3, -0.25) is 0 Å². The zero-order chi connectivity index (χ0) is 21.9. The summed E-state index contributed by atoms with van der Waals surface area (Å²) in [5, 5.41) is 5.79. The molecule has 0 saturated heterocycles. The highest BCUT2D eigenvalue weighted by Crippen LogP contribution is 2.43. The Labute approximate surface area is 185 Å². The van der Waals surface area contributed by atoms with E-state index in [4.69, 9.17) is 4.42 Å². The van der Waals surface area contributed by atoms with Crippen molar-refractivity contribution in [1.82, 2.24) is 5.32 Å². The number of hydrogen-bond acceptors (Lipinski definition) is 2. The number of halogens is 2. The molecule has 1 atom stereocenters. The zero-order valence-corrected chi connectivity index (χ0v) is 18.0. The number of aryl methyl sites for hydroxylation is 1. The molecule has 6 rings (SSSR count). The van der Waals surface area contributed by atoms with E-state index in [2.05, 4.69) is 54.7 Å². The molecule has 0 radical (unpaired) electrons. The summed E-state index contributed by atoms with van der Waals surface area (Å²) >= 11 is 0. The Balaban J connectivity index is 1.42. The van der Waals surface area contributed by atoms with Crippen molar-refractivity contribution in [3.05, 3.63) is 88.6 Å². The van der Waals surface area contributed by atoms with Gasteiger partial charge in [0.05, 0.1) is 6.04 Å². The van der Waals surface area contributed by atoms with Crippen LogP contribution in [0.2, 0.25) is 0 Å². The van der Waals surface area contributed by atoms with Crippen LogP contribution >= 0.6 is 0 Å². The van der Waals surface area contributed by atoms with Gasteiger partial charge >= 0.3 is 0 Å². The van der Waals surface area contributed by atoms with E-state index < -0.39 is 5.92 Å². The molecule has 3 aromatic carbocycles. The predicted octanol–water partition coefficient (Wildman–Crippen LogP) is 7.85. The number of benzene rings is 3. The fourth-order valence-electron chi connectivity index (χ4n) is 5.43. The van der Waals surface area contributed by atoms with E-state index in [9.17, 15) is 8.78 Å². The van der Waals surface area contributed by atoms with Crippen LogP contribution < -0.4 is 5.32 Å². The summed E-state index contributed by atoms with van der Waals surface area (Å²) in [4.78, 5) is 0. The molecule has 1 aliphatic heterocycles. The number of para-hydroxylation sites is 1. The smallest absolute Gasteiger partial charge is 0.248 e. The number of nitrogens with one attached hydrogen (secondary N) is 1. The normalized spacial score (nSPS) is 20.4. The van der Waals surface area contributed by atoms with Crippen molar-refractivity contribution in [2.75, 3.05) is 0 Å². The summed E-state index contributed by atoms with van der Waals surface area (Å²) < 4.78 is 33.5. The molecular weight excluding hydrogens is 404 g/mol. The highest BCUT2D eigenvalue weighted by molar-refractivity contribution is 6.06. The summed E-state index contributed by atoms with van der Waals surface area (Å²) in [7, 11) is 0. The van der Waals surface area contributed by atoms with Crippen LogP contribution in [0.25, 0.3) is 28.0 Å². The lowest BCUT2D eigenvalue weighted by atomic mass is 9.80. The first-order chi connectivity index (χ1) is 15.5. The summed E-state index contributed by atoms with van der Waals surface area (Å²) in [6.45, 7) is 2.12. The van der Waals surface area contributed by atoms with Gasteiger partial charge in [-0.1, -0.05) is 36.4 Å². The van der Waals surface area contributed by atoms with Crippen molar-refractivity contribution < 1.29 is 13.2 Å². The molecule has 2 heterocycles. The third-order valence-electron chi connectivity index (χ3n) is 7.10. The van der Waals surface area contributed by atoms with Gasteiger partial charge in [0.1, 0.15) is 11.2 Å². The van der Waals surface area contributed by atoms with Gasteiger partial charge < -0.3 is 9.73 Å². The van der Waals surface area contributed by atoms with E-state index >= 15 is 0 Å². The molecule has 2 nitrogen and oxygen atoms in total. The van der Waals surface area contributed by atoms with Gasteiger partial charge in [-0.25, -0.2) is 8.78 Å². The average molecular weight is 430 g/mol. The second-order valence-electron chi connectivity index (χ2n) is 9.28. The van der Waals surface area contributed by atoms with Gasteiger partial charge in [-0.15, -0.1) is 0 Å². The summed E-state index contributed by atoms with van der Waals surface area (Å²) in [6.07, 6.45) is 5.15. The second-order valence-corrected chi connectivity index (χ2v) is 9.28. The molecule has 1 unspecified atom stereocenters. The van der Waals surface area contributed by atoms with E-state index in [-0.39, 0.29) is 24.8 Å². The van der Waals surface area contributed by atoms with Crippen molar-refractivity contribution in [3.63, 3.8) is 0 Å². The van der Waals surface area contributed by atoms with Crippen LogP contribution in [-0.4, -0.2) is 5.92 Å². The third-order valence-corrected chi connectivity index (χ3v) is 7.10. The molecule has 162 valence electrons. The molecule has 2 aliphatic rings. The lowest BCUT2D eigenvalue weighted by Gasteiger charge is -2.30. The summed E-state index contributed by atoms with van der Waals surface area (Å²) in [5.41, 5.74) is 7.62. The van der Waals surface area contributed by atoms with Gasteiger partial charge in [0.25, 0.3) is 0 Å². The van der Waals surface area contributed by atoms with Crippen LogP contribution in [0, 0.1) is 6.92 Å². The summed E-state index contributed by atoms with van der Waals surface area (Å²) in [5.74, 6) is -2.29. The molecule has 0 spiro atoms. The van der Waals surface area contributed by atoms with E-state index in [1.807, 2.05) is 24.4 Å². The van der Waals surface area contributed by atoms with Crippen molar-refractivity contribution in [2.45, 2.75) is 50.5 Å². The lowest BCUT2D eigenvalue weighted by Crippen LogP contribution is -2.24. The monoisotopic (exact) mass is 429 g/mol. The number of alkyl halides is 2. The fraction of sp³-hybridized carbons (Fsp3) is 0.286. The number of furan rings is 1. The molecule has 1 aromatic heterocycles. The highest BCUT2D eigenvalue weighted by atomic mass is 19.3. The first kappa shape index (κ1) is 19.5. The molecule has 0 bridgehead atoms. The largest absolute Gasteiger partial charge is 0.456 e. The Hall–Kier alpha value is -3.14. The van der Waals surface area contributed by atoms with Crippen LogP contribution in [0.4, 0.5) is 8.78 Å². The highest BCUT2D eigenvalue weighted by Gasteiger charge is 2.35. The molecule has 1 fully saturated rings. The molecule has 4 heteroatoms. The van der Waals surface area contributed by atoms with E-state index in [1.54, 1.807) is 0 Å². The van der Waals surface area contributed by atoms with Gasteiger partial charge in [0, 0.05) is 29.2 Å². The lowest BCUT2D eigenvalue weighted by molar-refractivity contribution is -0.0382. The second kappa shape index (κ2) is 7.19. The zero-order valence-electron chi connectivity index (χ0n) is 18.0. The Morgan fingerprint density at radius 3 is 2.59 bits per heavy atom. The van der Waals surface area contributed by atoms with E-state index in [0.29, 0.717) is 12.8 Å². The first-order valence-electron chi connectivity index (χ1n) is 11.3. The van der Waals surface area contributed by atoms with Gasteiger partial charge in [0.15, 0.2) is 0 Å². The number of rotatable bonds is 2. The minimum atomic E-state index is -2.50. The van der Waals surface area contributed by atoms with E-state index in [1.165, 1.54) is 16.7 Å². The Morgan fingerprint density at radius 1 is 0.938 bits per heavy atom. The van der Waals surface area contributed by atoms with Crippen LogP contribution in [0.15, 0.2) is 65.2 Å². The van der Waals surface area contributed by atoms with Gasteiger partial charge in [-0.05, 0) is 78.4 Å². The molecule has 32 heavy (non-hydrogen) atoms. The Bertz CT molecular complexity index is 1360. The predicted molar refractivity (Wildman–Crippen MR) is 125 cm³/mol. The maximum Gasteiger partial charge on any atom is 0.248 e. The standard InChI is InChI=1S/C28H25F2NO/c1-17-14-23-22-4-2-3-5-25(22)32-27(23)24(15-17)26-21-7-6-19(16-20(21)10-13-31-26)18-8-11-28(29,30)12-9-18/h2-7,10,13-16,18,26,31H,8-9,11-12H2,1H3. The van der Waals surface area contributed by atoms with Crippen molar-refractivity contribution in [3.8, 4) is 0 Å². The molecular formula is C28H25F2NO. The van der Waals surface area contributed by atoms with Crippen LogP contribution in [0.5, 0.6) is 0 Å². The summed E-state index contributed by atoms with van der Waals surface area (Å²) in [6, 6.07) is 19.0. The van der Waals surface area contributed by atoms with E-state index in [0.717, 1.165) is 33.1 Å². The molecule has 1 N–H and O–H groups in total. The Kier molecular flexibility index (Phi) is 4.39. The topological polar surface area (TPSA) is 25.2 Å². The number of fused-ring (bicyclic) bond motifs is 4. The maximum absolute atomic E-state index is 13.6. The van der Waals surface area contributed by atoms with Crippen LogP contribution in [0.3, 0.4) is 0 Å². The maximum atomic E-state index is 13.6. The average Bonchev–Trinajstić information content (AvgIpc) is 3.16. The van der Waals surface area contributed by atoms with Crippen molar-refractivity contribution in [1.29, 1.82) is 0 Å². The van der Waals surface area contributed by atoms with Crippen molar-refractivity contribution in [2.24, 2.45) is 0 Å². The number of hydrogen-bond donors (Lipinski definition) is 1. The van der Waals surface area contributed by atoms with Crippen molar-refractivity contribution >= 4 is 28.0 Å². The van der Waals surface area contributed by atoms with Gasteiger partial charge in [-0.2, -0.15) is 0 Å². The molecule has 1 saturated carbocycles. The Morgan fingerprint density at radius 2 is 1.75 bits per heavy atom. The quantitative estimate of drug-likeness (QED) is 0.351. The van der Waals surface area contributed by atoms with Crippen LogP contribution in [0.1, 0.15) is 65.5 Å². The SMILES string of the molecule is Cc1cc(C2NC=Cc3cc(C4CCC(F)(F)CC4)ccc32)c2oc3ccccc3c2c1. The fourth-order valence-corrected chi connectivity index (χ4v) is 5.43.